The maximum atomic E-state index is 12.1. The zero-order chi connectivity index (χ0) is 18.9. The van der Waals surface area contributed by atoms with Gasteiger partial charge in [0.25, 0.3) is 5.91 Å². The molecule has 2 aromatic rings. The van der Waals surface area contributed by atoms with Gasteiger partial charge >= 0.3 is 0 Å². The zero-order valence-corrected chi connectivity index (χ0v) is 15.7. The van der Waals surface area contributed by atoms with Gasteiger partial charge in [-0.25, -0.2) is 0 Å². The summed E-state index contributed by atoms with van der Waals surface area (Å²) in [5, 5.41) is 5.52. The van der Waals surface area contributed by atoms with Crippen molar-refractivity contribution in [3.05, 3.63) is 65.2 Å². The van der Waals surface area contributed by atoms with Gasteiger partial charge in [0.2, 0.25) is 5.91 Å². The molecule has 0 atom stereocenters. The number of carbonyl (C=O) groups is 2. The van der Waals surface area contributed by atoms with Crippen LogP contribution in [0.1, 0.15) is 28.4 Å². The second-order valence-electron chi connectivity index (χ2n) is 6.27. The van der Waals surface area contributed by atoms with Crippen molar-refractivity contribution in [3.8, 4) is 0 Å². The standard InChI is InChI=1S/C21H27N3O2/c1-4-24(18-10-7-8-16(2)14-18)13-12-22-20(25)15-23-21(26)19-11-6-5-9-17(19)3/h5-11,14H,4,12-13,15H2,1-3H3,(H,22,25)(H,23,26). The second-order valence-corrected chi connectivity index (χ2v) is 6.27. The Hall–Kier alpha value is -2.82. The molecule has 0 aliphatic rings. The van der Waals surface area contributed by atoms with Crippen molar-refractivity contribution in [3.63, 3.8) is 0 Å². The van der Waals surface area contributed by atoms with E-state index in [0.717, 1.165) is 24.3 Å². The molecule has 0 heterocycles. The van der Waals surface area contributed by atoms with Crippen LogP contribution in [0, 0.1) is 13.8 Å². The first-order chi connectivity index (χ1) is 12.5. The van der Waals surface area contributed by atoms with Crippen LogP contribution in [-0.2, 0) is 4.79 Å². The predicted octanol–water partition coefficient (Wildman–Crippen LogP) is 2.68. The number of likely N-dealkylation sites (N-methyl/N-ethyl adjacent to an activating group) is 1. The lowest BCUT2D eigenvalue weighted by Gasteiger charge is -2.23. The molecule has 0 unspecified atom stereocenters. The average molecular weight is 353 g/mol. The molecule has 0 aliphatic carbocycles. The quantitative estimate of drug-likeness (QED) is 0.767. The van der Waals surface area contributed by atoms with E-state index in [0.29, 0.717) is 12.1 Å². The van der Waals surface area contributed by atoms with Crippen LogP contribution in [0.15, 0.2) is 48.5 Å². The minimum atomic E-state index is -0.229. The van der Waals surface area contributed by atoms with Crippen LogP contribution in [0.2, 0.25) is 0 Å². The Morgan fingerprint density at radius 1 is 1.00 bits per heavy atom. The third-order valence-electron chi connectivity index (χ3n) is 4.25. The Morgan fingerprint density at radius 3 is 2.46 bits per heavy atom. The van der Waals surface area contributed by atoms with Crippen molar-refractivity contribution in [1.82, 2.24) is 10.6 Å². The number of benzene rings is 2. The van der Waals surface area contributed by atoms with Gasteiger partial charge in [-0.2, -0.15) is 0 Å². The lowest BCUT2D eigenvalue weighted by atomic mass is 10.1. The van der Waals surface area contributed by atoms with Gasteiger partial charge in [0.1, 0.15) is 0 Å². The van der Waals surface area contributed by atoms with E-state index in [-0.39, 0.29) is 18.4 Å². The number of hydrogen-bond donors (Lipinski definition) is 2. The minimum Gasteiger partial charge on any atom is -0.370 e. The summed E-state index contributed by atoms with van der Waals surface area (Å²) in [7, 11) is 0. The number of amides is 2. The molecule has 2 rings (SSSR count). The highest BCUT2D eigenvalue weighted by Crippen LogP contribution is 2.14. The third-order valence-corrected chi connectivity index (χ3v) is 4.25. The molecular formula is C21H27N3O2. The van der Waals surface area contributed by atoms with Crippen LogP contribution in [-0.4, -0.2) is 38.0 Å². The summed E-state index contributed by atoms with van der Waals surface area (Å²) in [6.45, 7) is 8.12. The van der Waals surface area contributed by atoms with E-state index in [1.165, 1.54) is 5.56 Å². The average Bonchev–Trinajstić information content (AvgIpc) is 2.63. The SMILES string of the molecule is CCN(CCNC(=O)CNC(=O)c1ccccc1C)c1cccc(C)c1. The second kappa shape index (κ2) is 9.61. The third kappa shape index (κ3) is 5.62. The maximum Gasteiger partial charge on any atom is 0.251 e. The molecule has 138 valence electrons. The highest BCUT2D eigenvalue weighted by molar-refractivity contribution is 5.97. The largest absolute Gasteiger partial charge is 0.370 e. The Bertz CT molecular complexity index is 758. The van der Waals surface area contributed by atoms with E-state index in [2.05, 4.69) is 47.6 Å². The molecule has 0 bridgehead atoms. The van der Waals surface area contributed by atoms with Crippen LogP contribution in [0.5, 0.6) is 0 Å². The van der Waals surface area contributed by atoms with Crippen LogP contribution in [0.3, 0.4) is 0 Å². The van der Waals surface area contributed by atoms with Crippen LogP contribution in [0.25, 0.3) is 0 Å². The van der Waals surface area contributed by atoms with E-state index in [9.17, 15) is 9.59 Å². The molecule has 0 radical (unpaired) electrons. The van der Waals surface area contributed by atoms with Gasteiger partial charge in [0, 0.05) is 30.9 Å². The summed E-state index contributed by atoms with van der Waals surface area (Å²) >= 11 is 0. The minimum absolute atomic E-state index is 0.0241. The van der Waals surface area contributed by atoms with Crippen molar-refractivity contribution in [1.29, 1.82) is 0 Å². The molecule has 0 fully saturated rings. The molecule has 0 saturated heterocycles. The first kappa shape index (κ1) is 19.5. The number of hydrogen-bond acceptors (Lipinski definition) is 3. The molecule has 2 aromatic carbocycles. The number of carbonyl (C=O) groups excluding carboxylic acids is 2. The molecular weight excluding hydrogens is 326 g/mol. The van der Waals surface area contributed by atoms with Crippen molar-refractivity contribution >= 4 is 17.5 Å². The van der Waals surface area contributed by atoms with Gasteiger partial charge in [-0.15, -0.1) is 0 Å². The number of aryl methyl sites for hydroxylation is 2. The van der Waals surface area contributed by atoms with Gasteiger partial charge < -0.3 is 15.5 Å². The molecule has 2 N–H and O–H groups in total. The van der Waals surface area contributed by atoms with Crippen molar-refractivity contribution in [2.45, 2.75) is 20.8 Å². The Morgan fingerprint density at radius 2 is 1.77 bits per heavy atom. The van der Waals surface area contributed by atoms with E-state index >= 15 is 0 Å². The Kier molecular flexibility index (Phi) is 7.21. The number of anilines is 1. The highest BCUT2D eigenvalue weighted by atomic mass is 16.2. The summed E-state index contributed by atoms with van der Waals surface area (Å²) < 4.78 is 0. The van der Waals surface area contributed by atoms with Crippen molar-refractivity contribution in [2.75, 3.05) is 31.1 Å². The Balaban J connectivity index is 1.76. The van der Waals surface area contributed by atoms with E-state index < -0.39 is 0 Å². The van der Waals surface area contributed by atoms with Gasteiger partial charge in [0.05, 0.1) is 6.54 Å². The molecule has 0 spiro atoms. The molecule has 26 heavy (non-hydrogen) atoms. The number of rotatable bonds is 8. The monoisotopic (exact) mass is 353 g/mol. The van der Waals surface area contributed by atoms with Gasteiger partial charge in [0.15, 0.2) is 0 Å². The van der Waals surface area contributed by atoms with Crippen LogP contribution in [0.4, 0.5) is 5.69 Å². The first-order valence-electron chi connectivity index (χ1n) is 8.93. The fourth-order valence-electron chi connectivity index (χ4n) is 2.77. The summed E-state index contributed by atoms with van der Waals surface area (Å²) in [4.78, 5) is 26.3. The smallest absolute Gasteiger partial charge is 0.251 e. The molecule has 2 amide bonds. The zero-order valence-electron chi connectivity index (χ0n) is 15.7. The lowest BCUT2D eigenvalue weighted by molar-refractivity contribution is -0.120. The summed E-state index contributed by atoms with van der Waals surface area (Å²) in [5.74, 6) is -0.416. The fraction of sp³-hybridized carbons (Fsp3) is 0.333. The molecule has 0 aromatic heterocycles. The van der Waals surface area contributed by atoms with E-state index in [1.54, 1.807) is 6.07 Å². The lowest BCUT2D eigenvalue weighted by Crippen LogP contribution is -2.40. The predicted molar refractivity (Wildman–Crippen MR) is 106 cm³/mol. The van der Waals surface area contributed by atoms with Crippen molar-refractivity contribution < 1.29 is 9.59 Å². The van der Waals surface area contributed by atoms with Gasteiger partial charge in [-0.3, -0.25) is 9.59 Å². The van der Waals surface area contributed by atoms with Crippen molar-refractivity contribution in [2.24, 2.45) is 0 Å². The summed E-state index contributed by atoms with van der Waals surface area (Å²) in [6, 6.07) is 15.6. The highest BCUT2D eigenvalue weighted by Gasteiger charge is 2.10. The van der Waals surface area contributed by atoms with E-state index in [1.807, 2.05) is 31.2 Å². The van der Waals surface area contributed by atoms with Crippen LogP contribution < -0.4 is 15.5 Å². The topological polar surface area (TPSA) is 61.4 Å². The summed E-state index contributed by atoms with van der Waals surface area (Å²) in [6.07, 6.45) is 0. The molecule has 5 nitrogen and oxygen atoms in total. The maximum absolute atomic E-state index is 12.1. The molecule has 0 aliphatic heterocycles. The molecule has 0 saturated carbocycles. The number of nitrogens with one attached hydrogen (secondary N) is 2. The Labute approximate surface area is 155 Å². The summed E-state index contributed by atoms with van der Waals surface area (Å²) in [5.41, 5.74) is 3.84. The van der Waals surface area contributed by atoms with Gasteiger partial charge in [-0.1, -0.05) is 30.3 Å². The molecule has 5 heteroatoms. The van der Waals surface area contributed by atoms with Crippen LogP contribution >= 0.6 is 0 Å². The normalized spacial score (nSPS) is 10.3. The fourth-order valence-corrected chi connectivity index (χ4v) is 2.77. The number of nitrogens with zero attached hydrogens (tertiary/aromatic N) is 1. The van der Waals surface area contributed by atoms with E-state index in [4.69, 9.17) is 0 Å². The first-order valence-corrected chi connectivity index (χ1v) is 8.93. The van der Waals surface area contributed by atoms with Gasteiger partial charge in [-0.05, 0) is 50.1 Å².